The number of anilines is 2. The first-order valence-electron chi connectivity index (χ1n) is 9.51. The Bertz CT molecular complexity index is 700. The summed E-state index contributed by atoms with van der Waals surface area (Å²) in [5.41, 5.74) is 7.51. The highest BCUT2D eigenvalue weighted by atomic mass is 16.5. The molecule has 3 rings (SSSR count). The van der Waals surface area contributed by atoms with E-state index >= 15 is 0 Å². The lowest BCUT2D eigenvalue weighted by atomic mass is 10.2. The Kier molecular flexibility index (Phi) is 6.79. The van der Waals surface area contributed by atoms with Crippen LogP contribution in [0.3, 0.4) is 0 Å². The van der Waals surface area contributed by atoms with Crippen molar-refractivity contribution in [1.82, 2.24) is 4.90 Å². The second-order valence-electron chi connectivity index (χ2n) is 6.72. The maximum absolute atomic E-state index is 10.3. The molecule has 6 nitrogen and oxygen atoms in total. The lowest BCUT2D eigenvalue weighted by molar-refractivity contribution is 0.0663. The number of piperazine rings is 1. The summed E-state index contributed by atoms with van der Waals surface area (Å²) in [5, 5.41) is 10.3. The van der Waals surface area contributed by atoms with Crippen molar-refractivity contribution in [2.24, 2.45) is 0 Å². The monoisotopic (exact) mass is 371 g/mol. The number of aliphatic hydroxyl groups is 1. The number of hydrogen-bond acceptors (Lipinski definition) is 6. The third kappa shape index (κ3) is 5.52. The molecule has 1 fully saturated rings. The highest BCUT2D eigenvalue weighted by Crippen LogP contribution is 2.28. The number of hydrogen-bond donors (Lipinski definition) is 2. The van der Waals surface area contributed by atoms with Gasteiger partial charge in [0.15, 0.2) is 0 Å². The first kappa shape index (κ1) is 19.3. The zero-order chi connectivity index (χ0) is 19.1. The molecule has 1 heterocycles. The number of benzene rings is 2. The minimum absolute atomic E-state index is 0.275. The summed E-state index contributed by atoms with van der Waals surface area (Å²) >= 11 is 0. The van der Waals surface area contributed by atoms with Crippen molar-refractivity contribution in [3.63, 3.8) is 0 Å². The molecular formula is C21H29N3O3. The molecule has 3 N–H and O–H groups in total. The van der Waals surface area contributed by atoms with Gasteiger partial charge in [0.1, 0.15) is 24.2 Å². The van der Waals surface area contributed by atoms with E-state index in [1.165, 1.54) is 0 Å². The van der Waals surface area contributed by atoms with Gasteiger partial charge in [0.25, 0.3) is 0 Å². The number of nitrogens with two attached hydrogens (primary N) is 1. The molecule has 2 aromatic rings. The van der Waals surface area contributed by atoms with E-state index in [1.54, 1.807) is 12.1 Å². The fourth-order valence-corrected chi connectivity index (χ4v) is 3.27. The maximum atomic E-state index is 10.3. The average Bonchev–Trinajstić information content (AvgIpc) is 2.69. The van der Waals surface area contributed by atoms with Gasteiger partial charge in [0, 0.05) is 38.4 Å². The second-order valence-corrected chi connectivity index (χ2v) is 6.72. The number of rotatable bonds is 8. The predicted octanol–water partition coefficient (Wildman–Crippen LogP) is 2.23. The molecule has 27 heavy (non-hydrogen) atoms. The predicted molar refractivity (Wildman–Crippen MR) is 109 cm³/mol. The van der Waals surface area contributed by atoms with Crippen LogP contribution in [0.15, 0.2) is 48.5 Å². The fourth-order valence-electron chi connectivity index (χ4n) is 3.27. The van der Waals surface area contributed by atoms with Crippen molar-refractivity contribution < 1.29 is 14.6 Å². The standard InChI is InChI=1S/C21H29N3O3/c1-2-26-21-6-4-3-5-20(21)24-13-11-23(12-14-24)15-18(25)16-27-19-9-7-17(22)8-10-19/h3-10,18,25H,2,11-16,22H2,1H3. The molecule has 1 unspecified atom stereocenters. The Labute approximate surface area is 161 Å². The third-order valence-corrected chi connectivity index (χ3v) is 4.67. The van der Waals surface area contributed by atoms with Gasteiger partial charge in [-0.05, 0) is 43.3 Å². The third-order valence-electron chi connectivity index (χ3n) is 4.67. The first-order chi connectivity index (χ1) is 13.2. The molecule has 0 radical (unpaired) electrons. The van der Waals surface area contributed by atoms with Crippen LogP contribution in [-0.2, 0) is 0 Å². The van der Waals surface area contributed by atoms with Crippen molar-refractivity contribution >= 4 is 11.4 Å². The Balaban J connectivity index is 1.44. The van der Waals surface area contributed by atoms with Gasteiger partial charge < -0.3 is 25.2 Å². The highest BCUT2D eigenvalue weighted by Gasteiger charge is 2.21. The topological polar surface area (TPSA) is 71.2 Å². The Hall–Kier alpha value is -2.44. The van der Waals surface area contributed by atoms with Crippen LogP contribution in [0.2, 0.25) is 0 Å². The number of para-hydroxylation sites is 2. The zero-order valence-electron chi connectivity index (χ0n) is 15.9. The van der Waals surface area contributed by atoms with Crippen LogP contribution in [0.4, 0.5) is 11.4 Å². The van der Waals surface area contributed by atoms with Crippen LogP contribution in [0.5, 0.6) is 11.5 Å². The van der Waals surface area contributed by atoms with Gasteiger partial charge in [-0.3, -0.25) is 4.90 Å². The lowest BCUT2D eigenvalue weighted by Crippen LogP contribution is -2.49. The lowest BCUT2D eigenvalue weighted by Gasteiger charge is -2.37. The Morgan fingerprint density at radius 1 is 1.00 bits per heavy atom. The van der Waals surface area contributed by atoms with Gasteiger partial charge in [-0.1, -0.05) is 12.1 Å². The van der Waals surface area contributed by atoms with Crippen molar-refractivity contribution in [3.05, 3.63) is 48.5 Å². The molecule has 0 amide bonds. The normalized spacial score (nSPS) is 16.1. The molecule has 1 atom stereocenters. The van der Waals surface area contributed by atoms with E-state index in [0.29, 0.717) is 18.8 Å². The van der Waals surface area contributed by atoms with Gasteiger partial charge in [0.2, 0.25) is 0 Å². The number of nitrogen functional groups attached to an aromatic ring is 1. The van der Waals surface area contributed by atoms with Gasteiger partial charge in [-0.2, -0.15) is 0 Å². The molecule has 1 aliphatic heterocycles. The summed E-state index contributed by atoms with van der Waals surface area (Å²) in [6.45, 7) is 7.18. The maximum Gasteiger partial charge on any atom is 0.142 e. The van der Waals surface area contributed by atoms with Crippen LogP contribution in [-0.4, -0.2) is 62.0 Å². The van der Waals surface area contributed by atoms with Crippen LogP contribution in [0.1, 0.15) is 6.92 Å². The smallest absolute Gasteiger partial charge is 0.142 e. The van der Waals surface area contributed by atoms with E-state index in [-0.39, 0.29) is 6.61 Å². The zero-order valence-corrected chi connectivity index (χ0v) is 15.9. The molecule has 2 aromatic carbocycles. The van der Waals surface area contributed by atoms with Gasteiger partial charge >= 0.3 is 0 Å². The highest BCUT2D eigenvalue weighted by molar-refractivity contribution is 5.58. The summed E-state index contributed by atoms with van der Waals surface area (Å²) in [4.78, 5) is 4.62. The van der Waals surface area contributed by atoms with Crippen LogP contribution in [0, 0.1) is 0 Å². The molecular weight excluding hydrogens is 342 g/mol. The molecule has 1 saturated heterocycles. The Morgan fingerprint density at radius 2 is 1.70 bits per heavy atom. The minimum Gasteiger partial charge on any atom is -0.492 e. The molecule has 6 heteroatoms. The summed E-state index contributed by atoms with van der Waals surface area (Å²) < 4.78 is 11.4. The molecule has 0 bridgehead atoms. The van der Waals surface area contributed by atoms with E-state index < -0.39 is 6.10 Å². The molecule has 1 aliphatic rings. The summed E-state index contributed by atoms with van der Waals surface area (Å²) in [6.07, 6.45) is -0.523. The van der Waals surface area contributed by atoms with Crippen molar-refractivity contribution in [1.29, 1.82) is 0 Å². The number of ether oxygens (including phenoxy) is 2. The largest absolute Gasteiger partial charge is 0.492 e. The van der Waals surface area contributed by atoms with E-state index in [1.807, 2.05) is 37.3 Å². The Morgan fingerprint density at radius 3 is 2.41 bits per heavy atom. The van der Waals surface area contributed by atoms with Gasteiger partial charge in [-0.25, -0.2) is 0 Å². The van der Waals surface area contributed by atoms with Gasteiger partial charge in [0.05, 0.1) is 12.3 Å². The van der Waals surface area contributed by atoms with Crippen LogP contribution >= 0.6 is 0 Å². The summed E-state index contributed by atoms with van der Waals surface area (Å²) in [7, 11) is 0. The fraction of sp³-hybridized carbons (Fsp3) is 0.429. The quantitative estimate of drug-likeness (QED) is 0.694. The minimum atomic E-state index is -0.523. The van der Waals surface area contributed by atoms with Crippen molar-refractivity contribution in [3.8, 4) is 11.5 Å². The first-order valence-corrected chi connectivity index (χ1v) is 9.51. The molecule has 0 aromatic heterocycles. The SMILES string of the molecule is CCOc1ccccc1N1CCN(CC(O)COc2ccc(N)cc2)CC1. The van der Waals surface area contributed by atoms with E-state index in [4.69, 9.17) is 15.2 Å². The van der Waals surface area contributed by atoms with Crippen molar-refractivity contribution in [2.45, 2.75) is 13.0 Å². The average molecular weight is 371 g/mol. The molecule has 0 saturated carbocycles. The summed E-state index contributed by atoms with van der Waals surface area (Å²) in [6, 6.07) is 15.4. The molecule has 146 valence electrons. The molecule has 0 aliphatic carbocycles. The van der Waals surface area contributed by atoms with Crippen molar-refractivity contribution in [2.75, 3.05) is 56.6 Å². The number of β-amino-alcohol motifs (C(OH)–C–C–N with tert-alkyl or cyclic N) is 1. The number of aliphatic hydroxyl groups excluding tert-OH is 1. The van der Waals surface area contributed by atoms with E-state index in [0.717, 1.165) is 43.4 Å². The van der Waals surface area contributed by atoms with Crippen LogP contribution < -0.4 is 20.1 Å². The summed E-state index contributed by atoms with van der Waals surface area (Å²) in [5.74, 6) is 1.66. The van der Waals surface area contributed by atoms with Crippen LogP contribution in [0.25, 0.3) is 0 Å². The molecule has 0 spiro atoms. The number of nitrogens with zero attached hydrogens (tertiary/aromatic N) is 2. The van der Waals surface area contributed by atoms with E-state index in [9.17, 15) is 5.11 Å². The van der Waals surface area contributed by atoms with E-state index in [2.05, 4.69) is 15.9 Å². The second kappa shape index (κ2) is 9.48. The van der Waals surface area contributed by atoms with Gasteiger partial charge in [-0.15, -0.1) is 0 Å².